The number of anilines is 1. The lowest BCUT2D eigenvalue weighted by Gasteiger charge is -2.09. The monoisotopic (exact) mass is 375 g/mol. The van der Waals surface area contributed by atoms with Crippen LogP contribution in [-0.4, -0.2) is 25.0 Å². The molecule has 0 saturated heterocycles. The molecule has 0 radical (unpaired) electrons. The van der Waals surface area contributed by atoms with Crippen LogP contribution in [0.4, 0.5) is 10.1 Å². The Balaban J connectivity index is 2.02. The summed E-state index contributed by atoms with van der Waals surface area (Å²) in [6.45, 7) is 0. The number of fused-ring (bicyclic) bond motifs is 1. The summed E-state index contributed by atoms with van der Waals surface area (Å²) in [5, 5.41) is 6.51. The molecule has 28 heavy (non-hydrogen) atoms. The highest BCUT2D eigenvalue weighted by atomic mass is 19.1. The molecule has 0 unspecified atom stereocenters. The van der Waals surface area contributed by atoms with E-state index in [4.69, 9.17) is 4.42 Å². The number of furan rings is 1. The SMILES string of the molecule is CNC(=O)c1c(-c2ccc(F)cc2)oc2cc(NC)c(-c3cccnc3)cc12. The van der Waals surface area contributed by atoms with E-state index < -0.39 is 0 Å². The molecule has 2 heterocycles. The molecule has 0 aliphatic carbocycles. The van der Waals surface area contributed by atoms with Crippen molar-refractivity contribution in [1.29, 1.82) is 0 Å². The summed E-state index contributed by atoms with van der Waals surface area (Å²) in [5.74, 6) is -0.218. The Morgan fingerprint density at radius 3 is 2.50 bits per heavy atom. The number of nitrogens with zero attached hydrogens (tertiary/aromatic N) is 1. The summed E-state index contributed by atoms with van der Waals surface area (Å²) < 4.78 is 19.4. The number of benzene rings is 2. The van der Waals surface area contributed by atoms with Crippen molar-refractivity contribution >= 4 is 22.6 Å². The minimum Gasteiger partial charge on any atom is -0.455 e. The maximum absolute atomic E-state index is 13.3. The van der Waals surface area contributed by atoms with Gasteiger partial charge in [-0.05, 0) is 36.4 Å². The lowest BCUT2D eigenvalue weighted by atomic mass is 9.99. The van der Waals surface area contributed by atoms with E-state index in [-0.39, 0.29) is 11.7 Å². The van der Waals surface area contributed by atoms with E-state index in [0.717, 1.165) is 16.8 Å². The second kappa shape index (κ2) is 7.15. The van der Waals surface area contributed by atoms with Gasteiger partial charge in [0.25, 0.3) is 5.91 Å². The van der Waals surface area contributed by atoms with E-state index in [2.05, 4.69) is 15.6 Å². The number of carbonyl (C=O) groups is 1. The Bertz CT molecular complexity index is 1150. The van der Waals surface area contributed by atoms with E-state index in [1.54, 1.807) is 31.6 Å². The van der Waals surface area contributed by atoms with Gasteiger partial charge in [-0.15, -0.1) is 0 Å². The van der Waals surface area contributed by atoms with E-state index >= 15 is 0 Å². The van der Waals surface area contributed by atoms with Gasteiger partial charge < -0.3 is 15.1 Å². The lowest BCUT2D eigenvalue weighted by molar-refractivity contribution is 0.0964. The molecule has 5 nitrogen and oxygen atoms in total. The summed E-state index contributed by atoms with van der Waals surface area (Å²) in [5.41, 5.74) is 4.28. The molecule has 4 aromatic rings. The number of pyridine rings is 1. The van der Waals surface area contributed by atoms with Gasteiger partial charge in [-0.1, -0.05) is 6.07 Å². The maximum Gasteiger partial charge on any atom is 0.255 e. The Kier molecular flexibility index (Phi) is 4.53. The molecule has 2 aromatic heterocycles. The van der Waals surface area contributed by atoms with Crippen LogP contribution in [0.5, 0.6) is 0 Å². The fraction of sp³-hybridized carbons (Fsp3) is 0.0909. The quantitative estimate of drug-likeness (QED) is 0.542. The Morgan fingerprint density at radius 1 is 1.07 bits per heavy atom. The summed E-state index contributed by atoms with van der Waals surface area (Å²) in [6, 6.07) is 13.5. The number of rotatable bonds is 4. The molecule has 0 atom stereocenters. The third-order valence-corrected chi connectivity index (χ3v) is 4.63. The first kappa shape index (κ1) is 17.7. The van der Waals surface area contributed by atoms with Gasteiger partial charge in [-0.3, -0.25) is 9.78 Å². The highest BCUT2D eigenvalue weighted by Crippen LogP contribution is 2.39. The van der Waals surface area contributed by atoms with Gasteiger partial charge in [0.15, 0.2) is 0 Å². The molecule has 2 aromatic carbocycles. The standard InChI is InChI=1S/C22H18FN3O2/c1-24-18-11-19-17(10-16(18)14-4-3-9-26-12-14)20(22(27)25-2)21(28-19)13-5-7-15(23)8-6-13/h3-12,24H,1-2H3,(H,25,27). The molecule has 1 amide bonds. The molecule has 2 N–H and O–H groups in total. The van der Waals surface area contributed by atoms with Crippen LogP contribution in [0.3, 0.4) is 0 Å². The third-order valence-electron chi connectivity index (χ3n) is 4.63. The van der Waals surface area contributed by atoms with Crippen molar-refractivity contribution in [2.24, 2.45) is 0 Å². The Morgan fingerprint density at radius 2 is 1.86 bits per heavy atom. The zero-order valence-corrected chi connectivity index (χ0v) is 15.4. The first-order valence-electron chi connectivity index (χ1n) is 8.79. The van der Waals surface area contributed by atoms with Crippen LogP contribution >= 0.6 is 0 Å². The van der Waals surface area contributed by atoms with Crippen molar-refractivity contribution in [2.75, 3.05) is 19.4 Å². The molecular formula is C22H18FN3O2. The predicted octanol–water partition coefficient (Wildman–Crippen LogP) is 4.70. The number of nitrogens with one attached hydrogen (secondary N) is 2. The van der Waals surface area contributed by atoms with Crippen LogP contribution in [0.2, 0.25) is 0 Å². The molecule has 0 aliphatic rings. The summed E-state index contributed by atoms with van der Waals surface area (Å²) in [6.07, 6.45) is 3.48. The number of hydrogen-bond donors (Lipinski definition) is 2. The molecular weight excluding hydrogens is 357 g/mol. The molecule has 0 aliphatic heterocycles. The largest absolute Gasteiger partial charge is 0.455 e. The fourth-order valence-corrected chi connectivity index (χ4v) is 3.27. The number of amides is 1. The minimum atomic E-state index is -0.349. The number of halogens is 1. The topological polar surface area (TPSA) is 67.2 Å². The smallest absolute Gasteiger partial charge is 0.255 e. The minimum absolute atomic E-state index is 0.271. The molecule has 4 rings (SSSR count). The maximum atomic E-state index is 13.3. The zero-order chi connectivity index (χ0) is 19.7. The van der Waals surface area contributed by atoms with Crippen LogP contribution in [0.25, 0.3) is 33.4 Å². The highest BCUT2D eigenvalue weighted by molar-refractivity contribution is 6.12. The van der Waals surface area contributed by atoms with E-state index in [9.17, 15) is 9.18 Å². The van der Waals surface area contributed by atoms with E-state index in [1.165, 1.54) is 12.1 Å². The summed E-state index contributed by atoms with van der Waals surface area (Å²) in [4.78, 5) is 16.9. The normalized spacial score (nSPS) is 10.8. The van der Waals surface area contributed by atoms with Crippen molar-refractivity contribution < 1.29 is 13.6 Å². The molecule has 0 saturated carbocycles. The second-order valence-corrected chi connectivity index (χ2v) is 6.28. The van der Waals surface area contributed by atoms with Crippen LogP contribution < -0.4 is 10.6 Å². The number of carbonyl (C=O) groups excluding carboxylic acids is 1. The van der Waals surface area contributed by atoms with Crippen molar-refractivity contribution in [3.8, 4) is 22.5 Å². The van der Waals surface area contributed by atoms with Crippen LogP contribution in [0.15, 0.2) is 65.3 Å². The van der Waals surface area contributed by atoms with Crippen LogP contribution in [0, 0.1) is 5.82 Å². The first-order chi connectivity index (χ1) is 13.6. The predicted molar refractivity (Wildman–Crippen MR) is 108 cm³/mol. The molecule has 6 heteroatoms. The van der Waals surface area contributed by atoms with Crippen molar-refractivity contribution in [3.63, 3.8) is 0 Å². The molecule has 0 bridgehead atoms. The van der Waals surface area contributed by atoms with E-state index in [1.807, 2.05) is 31.3 Å². The molecule has 0 spiro atoms. The lowest BCUT2D eigenvalue weighted by Crippen LogP contribution is -2.18. The van der Waals surface area contributed by atoms with Gasteiger partial charge in [0.1, 0.15) is 17.2 Å². The van der Waals surface area contributed by atoms with Gasteiger partial charge in [-0.2, -0.15) is 0 Å². The van der Waals surface area contributed by atoms with E-state index in [0.29, 0.717) is 27.9 Å². The average molecular weight is 375 g/mol. The van der Waals surface area contributed by atoms with Crippen molar-refractivity contribution in [3.05, 3.63) is 72.3 Å². The van der Waals surface area contributed by atoms with Crippen molar-refractivity contribution in [1.82, 2.24) is 10.3 Å². The van der Waals surface area contributed by atoms with Gasteiger partial charge in [-0.25, -0.2) is 4.39 Å². The fourth-order valence-electron chi connectivity index (χ4n) is 3.27. The van der Waals surface area contributed by atoms with Gasteiger partial charge >= 0.3 is 0 Å². The van der Waals surface area contributed by atoms with Gasteiger partial charge in [0.05, 0.1) is 5.56 Å². The summed E-state index contributed by atoms with van der Waals surface area (Å²) >= 11 is 0. The molecule has 0 fully saturated rings. The number of hydrogen-bond acceptors (Lipinski definition) is 4. The molecule has 140 valence electrons. The highest BCUT2D eigenvalue weighted by Gasteiger charge is 2.23. The Labute approximate surface area is 161 Å². The zero-order valence-electron chi connectivity index (χ0n) is 15.4. The first-order valence-corrected chi connectivity index (χ1v) is 8.79. The number of aromatic nitrogens is 1. The van der Waals surface area contributed by atoms with Crippen LogP contribution in [-0.2, 0) is 0 Å². The second-order valence-electron chi connectivity index (χ2n) is 6.28. The van der Waals surface area contributed by atoms with Gasteiger partial charge in [0.2, 0.25) is 0 Å². The summed E-state index contributed by atoms with van der Waals surface area (Å²) in [7, 11) is 3.39. The average Bonchev–Trinajstić information content (AvgIpc) is 3.11. The third kappa shape index (κ3) is 2.99. The van der Waals surface area contributed by atoms with Gasteiger partial charge in [0, 0.05) is 60.3 Å². The Hall–Kier alpha value is -3.67. The van der Waals surface area contributed by atoms with Crippen molar-refractivity contribution in [2.45, 2.75) is 0 Å². The van der Waals surface area contributed by atoms with Crippen LogP contribution in [0.1, 0.15) is 10.4 Å².